The van der Waals surface area contributed by atoms with Crippen LogP contribution >= 0.6 is 0 Å². The highest BCUT2D eigenvalue weighted by Crippen LogP contribution is 2.05. The predicted molar refractivity (Wildman–Crippen MR) is 68.5 cm³/mol. The molecule has 0 bridgehead atoms. The lowest BCUT2D eigenvalue weighted by Crippen LogP contribution is -2.21. The van der Waals surface area contributed by atoms with E-state index in [9.17, 15) is 4.79 Å². The Hall–Kier alpha value is -1.61. The van der Waals surface area contributed by atoms with Gasteiger partial charge in [0.2, 0.25) is 0 Å². The van der Waals surface area contributed by atoms with Gasteiger partial charge in [0.25, 0.3) is 0 Å². The van der Waals surface area contributed by atoms with Crippen LogP contribution in [0.5, 0.6) is 0 Å². The first kappa shape index (κ1) is 13.5. The fraction of sp³-hybridized carbons (Fsp3) is 0.357. The first-order chi connectivity index (χ1) is 8.13. The highest BCUT2D eigenvalue weighted by molar-refractivity contribution is 5.87. The van der Waals surface area contributed by atoms with Gasteiger partial charge < -0.3 is 10.5 Å². The molecule has 0 aliphatic heterocycles. The Balaban J connectivity index is 2.56. The number of carbonyl (C=O) groups excluding carboxylic acids is 1. The molecule has 0 heterocycles. The first-order valence-electron chi connectivity index (χ1n) is 5.78. The van der Waals surface area contributed by atoms with Crippen LogP contribution in [0.25, 0.3) is 0 Å². The van der Waals surface area contributed by atoms with Crippen molar-refractivity contribution in [2.24, 2.45) is 5.73 Å². The molecular weight excluding hydrogens is 214 g/mol. The van der Waals surface area contributed by atoms with Crippen LogP contribution in [0, 0.1) is 0 Å². The Morgan fingerprint density at radius 3 is 2.65 bits per heavy atom. The van der Waals surface area contributed by atoms with E-state index in [0.29, 0.717) is 12.2 Å². The summed E-state index contributed by atoms with van der Waals surface area (Å²) in [5, 5.41) is 0. The molecule has 3 nitrogen and oxygen atoms in total. The number of rotatable bonds is 5. The molecule has 17 heavy (non-hydrogen) atoms. The molecule has 0 aliphatic carbocycles. The van der Waals surface area contributed by atoms with Crippen LogP contribution in [0.3, 0.4) is 0 Å². The van der Waals surface area contributed by atoms with Crippen LogP contribution < -0.4 is 5.73 Å². The Morgan fingerprint density at radius 2 is 2.06 bits per heavy atom. The van der Waals surface area contributed by atoms with Crippen molar-refractivity contribution in [3.63, 3.8) is 0 Å². The standard InChI is InChI=1S/C14H19NO2/c1-3-17-14(16)11(2)9-13(15)10-12-7-5-4-6-8-12/h4-9,13H,3,10,15H2,1-2H3/b11-9+/t13-/m1/s1. The van der Waals surface area contributed by atoms with Crippen LogP contribution in [0.4, 0.5) is 0 Å². The van der Waals surface area contributed by atoms with E-state index in [1.165, 1.54) is 0 Å². The third-order valence-electron chi connectivity index (χ3n) is 2.38. The van der Waals surface area contributed by atoms with E-state index in [2.05, 4.69) is 0 Å². The van der Waals surface area contributed by atoms with Gasteiger partial charge in [-0.3, -0.25) is 0 Å². The Kier molecular flexibility index (Phi) is 5.43. The summed E-state index contributed by atoms with van der Waals surface area (Å²) in [6, 6.07) is 9.80. The average molecular weight is 233 g/mol. The molecule has 1 aromatic rings. The van der Waals surface area contributed by atoms with Crippen molar-refractivity contribution in [3.8, 4) is 0 Å². The lowest BCUT2D eigenvalue weighted by Gasteiger charge is -2.08. The monoisotopic (exact) mass is 233 g/mol. The minimum absolute atomic E-state index is 0.165. The largest absolute Gasteiger partial charge is 0.463 e. The fourth-order valence-electron chi connectivity index (χ4n) is 1.58. The Bertz CT molecular complexity index is 384. The minimum Gasteiger partial charge on any atom is -0.463 e. The molecule has 2 N–H and O–H groups in total. The molecule has 0 fully saturated rings. The van der Waals surface area contributed by atoms with E-state index in [1.807, 2.05) is 30.3 Å². The summed E-state index contributed by atoms with van der Waals surface area (Å²) in [6.45, 7) is 3.90. The quantitative estimate of drug-likeness (QED) is 0.625. The topological polar surface area (TPSA) is 52.3 Å². The highest BCUT2D eigenvalue weighted by atomic mass is 16.5. The number of nitrogens with two attached hydrogens (primary N) is 1. The molecule has 0 saturated heterocycles. The van der Waals surface area contributed by atoms with E-state index >= 15 is 0 Å². The summed E-state index contributed by atoms with van der Waals surface area (Å²) < 4.78 is 4.89. The van der Waals surface area contributed by atoms with Crippen LogP contribution in [0.1, 0.15) is 19.4 Å². The van der Waals surface area contributed by atoms with Crippen LogP contribution in [-0.2, 0) is 16.0 Å². The van der Waals surface area contributed by atoms with Crippen molar-refractivity contribution in [2.45, 2.75) is 26.3 Å². The maximum atomic E-state index is 11.4. The molecule has 1 rings (SSSR count). The minimum atomic E-state index is -0.295. The van der Waals surface area contributed by atoms with Crippen LogP contribution in [0.15, 0.2) is 42.0 Å². The molecule has 1 atom stereocenters. The molecule has 0 saturated carbocycles. The third kappa shape index (κ3) is 4.83. The SMILES string of the molecule is CCOC(=O)/C(C)=C/[C@@H](N)Cc1ccccc1. The van der Waals surface area contributed by atoms with Crippen molar-refractivity contribution in [2.75, 3.05) is 6.61 Å². The molecule has 0 unspecified atom stereocenters. The Morgan fingerprint density at radius 1 is 1.41 bits per heavy atom. The molecule has 0 aliphatic rings. The van der Waals surface area contributed by atoms with Crippen LogP contribution in [0.2, 0.25) is 0 Å². The van der Waals surface area contributed by atoms with E-state index in [0.717, 1.165) is 12.0 Å². The maximum Gasteiger partial charge on any atom is 0.333 e. The number of hydrogen-bond acceptors (Lipinski definition) is 3. The zero-order chi connectivity index (χ0) is 12.7. The third-order valence-corrected chi connectivity index (χ3v) is 2.38. The van der Waals surface area contributed by atoms with E-state index < -0.39 is 0 Å². The fourth-order valence-corrected chi connectivity index (χ4v) is 1.58. The average Bonchev–Trinajstić information content (AvgIpc) is 2.30. The van der Waals surface area contributed by atoms with Gasteiger partial charge in [-0.05, 0) is 25.8 Å². The summed E-state index contributed by atoms with van der Waals surface area (Å²) in [7, 11) is 0. The summed E-state index contributed by atoms with van der Waals surface area (Å²) >= 11 is 0. The van der Waals surface area contributed by atoms with Gasteiger partial charge in [0.05, 0.1) is 6.61 Å². The summed E-state index contributed by atoms with van der Waals surface area (Å²) in [5.74, 6) is -0.295. The molecule has 0 aromatic heterocycles. The smallest absolute Gasteiger partial charge is 0.333 e. The van der Waals surface area contributed by atoms with Crippen molar-refractivity contribution in [3.05, 3.63) is 47.5 Å². The van der Waals surface area contributed by atoms with Crippen LogP contribution in [-0.4, -0.2) is 18.6 Å². The van der Waals surface area contributed by atoms with Crippen molar-refractivity contribution < 1.29 is 9.53 Å². The zero-order valence-electron chi connectivity index (χ0n) is 10.3. The molecule has 0 amide bonds. The summed E-state index contributed by atoms with van der Waals surface area (Å²) in [5.41, 5.74) is 7.68. The molecular formula is C14H19NO2. The van der Waals surface area contributed by atoms with Gasteiger partial charge in [-0.25, -0.2) is 4.79 Å². The molecule has 3 heteroatoms. The van der Waals surface area contributed by atoms with Gasteiger partial charge in [-0.2, -0.15) is 0 Å². The summed E-state index contributed by atoms with van der Waals surface area (Å²) in [6.07, 6.45) is 2.47. The van der Waals surface area contributed by atoms with E-state index in [1.54, 1.807) is 19.9 Å². The number of hydrogen-bond donors (Lipinski definition) is 1. The van der Waals surface area contributed by atoms with Gasteiger partial charge in [0.1, 0.15) is 0 Å². The van der Waals surface area contributed by atoms with Crippen molar-refractivity contribution in [1.82, 2.24) is 0 Å². The van der Waals surface area contributed by atoms with Crippen molar-refractivity contribution in [1.29, 1.82) is 0 Å². The summed E-state index contributed by atoms with van der Waals surface area (Å²) in [4.78, 5) is 11.4. The molecule has 92 valence electrons. The number of esters is 1. The second-order valence-electron chi connectivity index (χ2n) is 3.92. The van der Waals surface area contributed by atoms with Gasteiger partial charge in [-0.1, -0.05) is 36.4 Å². The number of carbonyl (C=O) groups is 1. The maximum absolute atomic E-state index is 11.4. The van der Waals surface area contributed by atoms with E-state index in [-0.39, 0.29) is 12.0 Å². The normalized spacial score (nSPS) is 13.2. The predicted octanol–water partition coefficient (Wildman–Crippen LogP) is 2.07. The lowest BCUT2D eigenvalue weighted by molar-refractivity contribution is -0.138. The Labute approximate surface area is 102 Å². The number of ether oxygens (including phenoxy) is 1. The molecule has 0 spiro atoms. The number of benzene rings is 1. The lowest BCUT2D eigenvalue weighted by atomic mass is 10.0. The second kappa shape index (κ2) is 6.86. The van der Waals surface area contributed by atoms with Gasteiger partial charge in [-0.15, -0.1) is 0 Å². The zero-order valence-corrected chi connectivity index (χ0v) is 10.3. The van der Waals surface area contributed by atoms with E-state index in [4.69, 9.17) is 10.5 Å². The van der Waals surface area contributed by atoms with Crippen molar-refractivity contribution >= 4 is 5.97 Å². The second-order valence-corrected chi connectivity index (χ2v) is 3.92. The van der Waals surface area contributed by atoms with Gasteiger partial charge in [0, 0.05) is 11.6 Å². The first-order valence-corrected chi connectivity index (χ1v) is 5.78. The molecule has 1 aromatic carbocycles. The highest BCUT2D eigenvalue weighted by Gasteiger charge is 2.07. The molecule has 0 radical (unpaired) electrons. The van der Waals surface area contributed by atoms with Gasteiger partial charge in [0.15, 0.2) is 0 Å². The van der Waals surface area contributed by atoms with Gasteiger partial charge >= 0.3 is 5.97 Å².